The number of phenolic OH excluding ortho intramolecular Hbond substituents is 1. The van der Waals surface area contributed by atoms with Crippen LogP contribution in [-0.2, 0) is 6.42 Å². The predicted molar refractivity (Wildman–Crippen MR) is 78.7 cm³/mol. The number of hydrogen-bond donors (Lipinski definition) is 2. The van der Waals surface area contributed by atoms with Crippen molar-refractivity contribution in [2.45, 2.75) is 51.0 Å². The Labute approximate surface area is 124 Å². The molecule has 2 N–H and O–H groups in total. The first-order chi connectivity index (χ1) is 10.7. The molecule has 1 aromatic carbocycles. The van der Waals surface area contributed by atoms with Gasteiger partial charge in [0.25, 0.3) is 0 Å². The second-order valence-corrected chi connectivity index (χ2v) is 6.58. The molecule has 3 aliphatic carbocycles. The molecule has 4 rings (SSSR count). The molecule has 20 heavy (non-hydrogen) atoms. The zero-order chi connectivity index (χ0) is 16.6. The van der Waals surface area contributed by atoms with Gasteiger partial charge in [0.05, 0.1) is 7.45 Å². The number of allylic oxidation sites excluding steroid dienone is 2. The molecule has 4 atom stereocenters. The van der Waals surface area contributed by atoms with Crippen LogP contribution in [0.5, 0.6) is 5.75 Å². The number of aromatic hydroxyl groups is 1. The summed E-state index contributed by atoms with van der Waals surface area (Å²) in [5.74, 6) is 0.404. The van der Waals surface area contributed by atoms with E-state index in [1.807, 2.05) is 19.1 Å². The molecule has 0 amide bonds. The molecule has 0 aliphatic heterocycles. The summed E-state index contributed by atoms with van der Waals surface area (Å²) in [4.78, 5) is 0. The third-order valence-corrected chi connectivity index (χ3v) is 5.60. The van der Waals surface area contributed by atoms with Crippen molar-refractivity contribution in [2.24, 2.45) is 11.3 Å². The standard InChI is InChI=1S/C18H22O2/c1-18-9-8-14-13-5-3-12(19)10-11(13)2-4-15(14)16(18)6-7-17(18)20/h3-5,10,14,16-17,19-20H,2,6-9H2,1H3/t14-,16+,17+,18+/m1/s1/i7D2,17D. The lowest BCUT2D eigenvalue weighted by molar-refractivity contribution is 0.0267. The van der Waals surface area contributed by atoms with Crippen LogP contribution < -0.4 is 0 Å². The van der Waals surface area contributed by atoms with Gasteiger partial charge in [-0.05, 0) is 61.2 Å². The quantitative estimate of drug-likeness (QED) is 0.710. The molecule has 0 aromatic heterocycles. The summed E-state index contributed by atoms with van der Waals surface area (Å²) in [5.41, 5.74) is 2.78. The molecule has 1 aromatic rings. The number of fused-ring (bicyclic) bond motifs is 5. The van der Waals surface area contributed by atoms with Crippen molar-refractivity contribution < 1.29 is 14.3 Å². The van der Waals surface area contributed by atoms with Crippen molar-refractivity contribution in [3.05, 3.63) is 41.0 Å². The highest BCUT2D eigenvalue weighted by atomic mass is 16.3. The molecule has 0 bridgehead atoms. The van der Waals surface area contributed by atoms with E-state index in [0.29, 0.717) is 6.42 Å². The summed E-state index contributed by atoms with van der Waals surface area (Å²) in [6.07, 6.45) is 0.587. The Kier molecular flexibility index (Phi) is 1.98. The molecular weight excluding hydrogens is 248 g/mol. The average Bonchev–Trinajstić information content (AvgIpc) is 2.62. The van der Waals surface area contributed by atoms with Crippen LogP contribution in [-0.4, -0.2) is 16.3 Å². The Morgan fingerprint density at radius 3 is 3.10 bits per heavy atom. The molecule has 0 saturated heterocycles. The largest absolute Gasteiger partial charge is 0.508 e. The van der Waals surface area contributed by atoms with Crippen molar-refractivity contribution in [3.63, 3.8) is 0 Å². The molecule has 0 radical (unpaired) electrons. The van der Waals surface area contributed by atoms with Crippen molar-refractivity contribution in [1.82, 2.24) is 0 Å². The number of rotatable bonds is 0. The van der Waals surface area contributed by atoms with E-state index < -0.39 is 17.9 Å². The molecule has 106 valence electrons. The van der Waals surface area contributed by atoms with Crippen molar-refractivity contribution in [3.8, 4) is 5.75 Å². The molecule has 0 spiro atoms. The minimum atomic E-state index is -2.05. The third-order valence-electron chi connectivity index (χ3n) is 5.60. The Hall–Kier alpha value is -1.28. The van der Waals surface area contributed by atoms with Gasteiger partial charge >= 0.3 is 0 Å². The van der Waals surface area contributed by atoms with E-state index in [1.165, 1.54) is 11.1 Å². The molecule has 2 heteroatoms. The van der Waals surface area contributed by atoms with Crippen LogP contribution >= 0.6 is 0 Å². The van der Waals surface area contributed by atoms with Crippen molar-refractivity contribution in [1.29, 1.82) is 0 Å². The second-order valence-electron chi connectivity index (χ2n) is 6.58. The van der Waals surface area contributed by atoms with Crippen LogP contribution in [0.2, 0.25) is 0 Å². The fourth-order valence-corrected chi connectivity index (χ4v) is 4.38. The number of phenols is 1. The minimum absolute atomic E-state index is 0.0966. The van der Waals surface area contributed by atoms with Crippen LogP contribution in [0.4, 0.5) is 0 Å². The average molecular weight is 273 g/mol. The maximum atomic E-state index is 10.6. The highest BCUT2D eigenvalue weighted by Crippen LogP contribution is 2.59. The first-order valence-electron chi connectivity index (χ1n) is 8.91. The van der Waals surface area contributed by atoms with Crippen LogP contribution in [0.3, 0.4) is 0 Å². The normalized spacial score (nSPS) is 47.1. The predicted octanol–water partition coefficient (Wildman–Crippen LogP) is 3.53. The fourth-order valence-electron chi connectivity index (χ4n) is 4.38. The van der Waals surface area contributed by atoms with E-state index in [4.69, 9.17) is 4.11 Å². The summed E-state index contributed by atoms with van der Waals surface area (Å²) in [6.45, 7) is 1.87. The highest BCUT2D eigenvalue weighted by molar-refractivity contribution is 5.47. The number of hydrogen-bond acceptors (Lipinski definition) is 2. The third kappa shape index (κ3) is 1.54. The summed E-state index contributed by atoms with van der Waals surface area (Å²) < 4.78 is 24.6. The van der Waals surface area contributed by atoms with Gasteiger partial charge in [0.2, 0.25) is 0 Å². The number of aliphatic hydroxyl groups is 1. The molecule has 2 nitrogen and oxygen atoms in total. The minimum Gasteiger partial charge on any atom is -0.508 e. The van der Waals surface area contributed by atoms with Gasteiger partial charge in [-0.25, -0.2) is 0 Å². The van der Waals surface area contributed by atoms with E-state index in [0.717, 1.165) is 18.4 Å². The zero-order valence-electron chi connectivity index (χ0n) is 14.7. The van der Waals surface area contributed by atoms with E-state index >= 15 is 0 Å². The van der Waals surface area contributed by atoms with Crippen LogP contribution in [0.15, 0.2) is 29.8 Å². The molecule has 2 saturated carbocycles. The molecule has 3 aliphatic rings. The SMILES string of the molecule is [2H]C1([2H])C[C@H]2C3=CCc4cc(O)ccc4[C@H]3CC[C@]2(C)[C@@]1([2H])O. The van der Waals surface area contributed by atoms with E-state index in [1.54, 1.807) is 6.07 Å². The molecule has 2 fully saturated rings. The lowest BCUT2D eigenvalue weighted by atomic mass is 9.59. The number of benzene rings is 1. The maximum Gasteiger partial charge on any atom is 0.115 e. The maximum absolute atomic E-state index is 10.6. The smallest absolute Gasteiger partial charge is 0.115 e. The van der Waals surface area contributed by atoms with Crippen LogP contribution in [0.1, 0.15) is 53.7 Å². The summed E-state index contributed by atoms with van der Waals surface area (Å²) in [5, 5.41) is 20.3. The van der Waals surface area contributed by atoms with Gasteiger partial charge in [-0.1, -0.05) is 24.6 Å². The van der Waals surface area contributed by atoms with Gasteiger partial charge in [-0.3, -0.25) is 0 Å². The van der Waals surface area contributed by atoms with Gasteiger partial charge in [0.15, 0.2) is 0 Å². The first-order valence-corrected chi connectivity index (χ1v) is 7.41. The van der Waals surface area contributed by atoms with E-state index in [2.05, 4.69) is 6.08 Å². The van der Waals surface area contributed by atoms with Crippen LogP contribution in [0.25, 0.3) is 0 Å². The van der Waals surface area contributed by atoms with E-state index in [9.17, 15) is 10.2 Å². The van der Waals surface area contributed by atoms with Crippen LogP contribution in [0, 0.1) is 11.3 Å². The Morgan fingerprint density at radius 1 is 1.40 bits per heavy atom. The van der Waals surface area contributed by atoms with Gasteiger partial charge in [0.1, 0.15) is 5.75 Å². The van der Waals surface area contributed by atoms with Crippen molar-refractivity contribution in [2.75, 3.05) is 0 Å². The van der Waals surface area contributed by atoms with Gasteiger partial charge in [0, 0.05) is 14.1 Å². The summed E-state index contributed by atoms with van der Waals surface area (Å²) in [6, 6.07) is 5.50. The zero-order valence-corrected chi connectivity index (χ0v) is 11.7. The lowest BCUT2D eigenvalue weighted by Crippen LogP contribution is -2.39. The Bertz CT molecular complexity index is 710. The van der Waals surface area contributed by atoms with Gasteiger partial charge in [-0.2, -0.15) is 0 Å². The van der Waals surface area contributed by atoms with Gasteiger partial charge in [-0.15, -0.1) is 0 Å². The Balaban J connectivity index is 1.79. The molecule has 0 unspecified atom stereocenters. The fraction of sp³-hybridized carbons (Fsp3) is 0.556. The molecular formula is C18H22O2. The monoisotopic (exact) mass is 273 g/mol. The van der Waals surface area contributed by atoms with E-state index in [-0.39, 0.29) is 24.0 Å². The lowest BCUT2D eigenvalue weighted by Gasteiger charge is -2.46. The van der Waals surface area contributed by atoms with Crippen molar-refractivity contribution >= 4 is 0 Å². The highest BCUT2D eigenvalue weighted by Gasteiger charge is 2.51. The Morgan fingerprint density at radius 2 is 2.25 bits per heavy atom. The molecule has 0 heterocycles. The summed E-state index contributed by atoms with van der Waals surface area (Å²) >= 11 is 0. The summed E-state index contributed by atoms with van der Waals surface area (Å²) in [7, 11) is 0. The van der Waals surface area contributed by atoms with Gasteiger partial charge < -0.3 is 10.2 Å². The first kappa shape index (κ1) is 9.62. The topological polar surface area (TPSA) is 40.5 Å². The second kappa shape index (κ2) is 4.11.